The van der Waals surface area contributed by atoms with E-state index in [1.165, 1.54) is 11.1 Å². The van der Waals surface area contributed by atoms with Crippen LogP contribution in [0, 0.1) is 20.8 Å². The minimum absolute atomic E-state index is 0. The lowest BCUT2D eigenvalue weighted by Gasteiger charge is -2.16. The molecule has 5 heteroatoms. The number of hydrogen-bond acceptors (Lipinski definition) is 4. The Labute approximate surface area is 154 Å². The third-order valence-corrected chi connectivity index (χ3v) is 4.05. The number of nitrogens with one attached hydrogen (secondary N) is 1. The molecule has 0 aliphatic heterocycles. The fourth-order valence-corrected chi connectivity index (χ4v) is 2.96. The number of anilines is 2. The van der Waals surface area contributed by atoms with Gasteiger partial charge in [-0.2, -0.15) is 0 Å². The Bertz CT molecular complexity index is 910. The normalized spacial score (nSPS) is 10.3. The van der Waals surface area contributed by atoms with Crippen LogP contribution in [0.2, 0.25) is 0 Å². The van der Waals surface area contributed by atoms with Crippen LogP contribution in [-0.2, 0) is 0 Å². The largest absolute Gasteiger partial charge is 1.00 e. The first-order valence-electron chi connectivity index (χ1n) is 7.89. The molecule has 0 amide bonds. The predicted octanol–water partition coefficient (Wildman–Crippen LogP) is 1.92. The van der Waals surface area contributed by atoms with Crippen LogP contribution in [0.3, 0.4) is 0 Å². The van der Waals surface area contributed by atoms with Crippen LogP contribution in [0.25, 0.3) is 10.9 Å². The Morgan fingerprint density at radius 1 is 0.880 bits per heavy atom. The van der Waals surface area contributed by atoms with Crippen LogP contribution in [0.4, 0.5) is 11.4 Å². The summed E-state index contributed by atoms with van der Waals surface area (Å²) in [7, 11) is 3.30. The van der Waals surface area contributed by atoms with Gasteiger partial charge < -0.3 is 27.2 Å². The maximum Gasteiger partial charge on any atom is 0.145 e. The molecule has 25 heavy (non-hydrogen) atoms. The highest BCUT2D eigenvalue weighted by atomic mass is 35.5. The van der Waals surface area contributed by atoms with Crippen LogP contribution < -0.4 is 27.2 Å². The molecule has 0 aliphatic carbocycles. The van der Waals surface area contributed by atoms with Gasteiger partial charge in [0.05, 0.1) is 25.4 Å². The Kier molecular flexibility index (Phi) is 5.75. The summed E-state index contributed by atoms with van der Waals surface area (Å²) in [5.41, 5.74) is 6.31. The second-order valence-electron chi connectivity index (χ2n) is 5.98. The number of methoxy groups -OCH3 is 2. The summed E-state index contributed by atoms with van der Waals surface area (Å²) in [5, 5.41) is 4.60. The van der Waals surface area contributed by atoms with E-state index in [1.54, 1.807) is 14.2 Å². The van der Waals surface area contributed by atoms with Gasteiger partial charge in [-0.25, -0.2) is 0 Å². The molecule has 1 heterocycles. The fraction of sp³-hybridized carbons (Fsp3) is 0.250. The summed E-state index contributed by atoms with van der Waals surface area (Å²) in [5.74, 6) is 1.50. The van der Waals surface area contributed by atoms with E-state index in [2.05, 4.69) is 37.4 Å². The van der Waals surface area contributed by atoms with Gasteiger partial charge in [0.25, 0.3) is 0 Å². The Morgan fingerprint density at radius 2 is 1.64 bits per heavy atom. The van der Waals surface area contributed by atoms with Gasteiger partial charge in [-0.1, -0.05) is 11.6 Å². The van der Waals surface area contributed by atoms with Crippen molar-refractivity contribution in [2.45, 2.75) is 20.8 Å². The van der Waals surface area contributed by atoms with Crippen LogP contribution in [-0.4, -0.2) is 19.2 Å². The lowest BCUT2D eigenvalue weighted by Crippen LogP contribution is -3.00. The topological polar surface area (TPSA) is 43.4 Å². The summed E-state index contributed by atoms with van der Waals surface area (Å²) in [6.07, 6.45) is 0. The molecule has 0 fully saturated rings. The molecule has 0 saturated heterocycles. The molecule has 1 N–H and O–H groups in total. The Morgan fingerprint density at radius 3 is 2.32 bits per heavy atom. The van der Waals surface area contributed by atoms with Crippen molar-refractivity contribution in [1.29, 1.82) is 0 Å². The minimum atomic E-state index is 0. The lowest BCUT2D eigenvalue weighted by molar-refractivity contribution is -0.00000573. The molecular formula is C20H22ClN2O2-. The first-order valence-corrected chi connectivity index (χ1v) is 7.89. The molecule has 2 aromatic carbocycles. The van der Waals surface area contributed by atoms with Crippen molar-refractivity contribution >= 4 is 22.3 Å². The molecule has 4 nitrogen and oxygen atoms in total. The van der Waals surface area contributed by atoms with Crippen molar-refractivity contribution in [3.8, 4) is 11.5 Å². The number of rotatable bonds is 4. The molecule has 0 saturated carbocycles. The maximum absolute atomic E-state index is 5.49. The van der Waals surface area contributed by atoms with Crippen molar-refractivity contribution in [2.24, 2.45) is 0 Å². The van der Waals surface area contributed by atoms with Crippen molar-refractivity contribution in [3.05, 3.63) is 53.2 Å². The third kappa shape index (κ3) is 3.80. The number of aryl methyl sites for hydroxylation is 3. The monoisotopic (exact) mass is 357 g/mol. The molecule has 3 aromatic rings. The molecule has 0 aliphatic rings. The van der Waals surface area contributed by atoms with E-state index >= 15 is 0 Å². The molecule has 0 atom stereocenters. The summed E-state index contributed by atoms with van der Waals surface area (Å²) in [6, 6.07) is 12.1. The van der Waals surface area contributed by atoms with Gasteiger partial charge in [0.15, 0.2) is 0 Å². The minimum Gasteiger partial charge on any atom is -1.00 e. The first-order chi connectivity index (χ1) is 11.5. The van der Waals surface area contributed by atoms with Crippen molar-refractivity contribution in [1.82, 2.24) is 4.98 Å². The van der Waals surface area contributed by atoms with E-state index in [-0.39, 0.29) is 12.4 Å². The predicted molar refractivity (Wildman–Crippen MR) is 98.8 cm³/mol. The highest BCUT2D eigenvalue weighted by Crippen LogP contribution is 2.35. The highest BCUT2D eigenvalue weighted by Gasteiger charge is 2.11. The van der Waals surface area contributed by atoms with Crippen LogP contribution in [0.1, 0.15) is 16.8 Å². The Balaban J connectivity index is 0.00000225. The first kappa shape index (κ1) is 18.9. The molecule has 1 aromatic heterocycles. The van der Waals surface area contributed by atoms with Crippen LogP contribution in [0.15, 0.2) is 36.4 Å². The zero-order valence-electron chi connectivity index (χ0n) is 15.1. The number of halogens is 1. The number of fused-ring (bicyclic) bond motifs is 1. The van der Waals surface area contributed by atoms with Crippen LogP contribution >= 0.6 is 0 Å². The summed E-state index contributed by atoms with van der Waals surface area (Å²) < 4.78 is 10.8. The van der Waals surface area contributed by atoms with Gasteiger partial charge in [-0.3, -0.25) is 4.98 Å². The molecule has 132 valence electrons. The van der Waals surface area contributed by atoms with Gasteiger partial charge in [0.2, 0.25) is 0 Å². The van der Waals surface area contributed by atoms with Gasteiger partial charge in [-0.05, 0) is 50.6 Å². The molecule has 0 bridgehead atoms. The molecule has 0 unspecified atom stereocenters. The smallest absolute Gasteiger partial charge is 0.145 e. The number of benzene rings is 2. The van der Waals surface area contributed by atoms with Gasteiger partial charge in [0.1, 0.15) is 11.5 Å². The molecular weight excluding hydrogens is 336 g/mol. The van der Waals surface area contributed by atoms with E-state index in [1.807, 2.05) is 25.1 Å². The van der Waals surface area contributed by atoms with Crippen LogP contribution in [0.5, 0.6) is 11.5 Å². The van der Waals surface area contributed by atoms with Crippen molar-refractivity contribution in [3.63, 3.8) is 0 Å². The molecule has 0 radical (unpaired) electrons. The second-order valence-corrected chi connectivity index (χ2v) is 5.98. The number of nitrogens with zero attached hydrogens (tertiary/aromatic N) is 1. The summed E-state index contributed by atoms with van der Waals surface area (Å²) >= 11 is 0. The molecule has 0 spiro atoms. The number of hydrogen-bond donors (Lipinski definition) is 1. The number of ether oxygens (including phenoxy) is 2. The van der Waals surface area contributed by atoms with E-state index in [9.17, 15) is 0 Å². The van der Waals surface area contributed by atoms with E-state index in [0.29, 0.717) is 0 Å². The number of pyridine rings is 1. The maximum atomic E-state index is 5.49. The van der Waals surface area contributed by atoms with Gasteiger partial charge in [0, 0.05) is 22.8 Å². The van der Waals surface area contributed by atoms with E-state index < -0.39 is 0 Å². The lowest BCUT2D eigenvalue weighted by atomic mass is 10.0. The second kappa shape index (κ2) is 7.62. The quantitative estimate of drug-likeness (QED) is 0.775. The van der Waals surface area contributed by atoms with Gasteiger partial charge >= 0.3 is 0 Å². The summed E-state index contributed by atoms with van der Waals surface area (Å²) in [4.78, 5) is 4.70. The number of aromatic nitrogens is 1. The van der Waals surface area contributed by atoms with Crippen molar-refractivity contribution in [2.75, 3.05) is 19.5 Å². The standard InChI is InChI=1S/C20H22N2O2.ClH/c1-12-8-13(2)20-16(9-12)18(10-14(3)21-20)22-17-7-6-15(23-4)11-19(17)24-5;/h6-11H,1-5H3,(H,21,22);1H/p-1. The van der Waals surface area contributed by atoms with E-state index in [4.69, 9.17) is 14.5 Å². The average Bonchev–Trinajstić information content (AvgIpc) is 2.56. The third-order valence-electron chi connectivity index (χ3n) is 4.05. The summed E-state index contributed by atoms with van der Waals surface area (Å²) in [6.45, 7) is 6.21. The van der Waals surface area contributed by atoms with Crippen molar-refractivity contribution < 1.29 is 21.9 Å². The highest BCUT2D eigenvalue weighted by molar-refractivity contribution is 5.96. The average molecular weight is 358 g/mol. The van der Waals surface area contributed by atoms with Gasteiger partial charge in [-0.15, -0.1) is 0 Å². The Hall–Kier alpha value is -2.46. The molecule has 3 rings (SSSR count). The zero-order chi connectivity index (χ0) is 17.3. The fourth-order valence-electron chi connectivity index (χ4n) is 2.96. The SMILES string of the molecule is COc1ccc(Nc2cc(C)nc3c(C)cc(C)cc23)c(OC)c1.[Cl-]. The zero-order valence-corrected chi connectivity index (χ0v) is 15.9. The van der Waals surface area contributed by atoms with E-state index in [0.717, 1.165) is 39.5 Å².